The zero-order valence-corrected chi connectivity index (χ0v) is 23.6. The van der Waals surface area contributed by atoms with E-state index in [-0.39, 0.29) is 29.2 Å². The number of carbonyl (C=O) groups excluding carboxylic acids is 3. The Morgan fingerprint density at radius 1 is 0.786 bits per heavy atom. The van der Waals surface area contributed by atoms with Crippen molar-refractivity contribution in [1.29, 1.82) is 0 Å². The fourth-order valence-corrected chi connectivity index (χ4v) is 3.84. The molecular formula is C32H24Cl2N2O6. The first-order valence-electron chi connectivity index (χ1n) is 12.6. The maximum Gasteiger partial charge on any atom is 0.343 e. The number of hydrogen-bond acceptors (Lipinski definition) is 7. The molecule has 0 fully saturated rings. The average Bonchev–Trinajstić information content (AvgIpc) is 2.98. The Morgan fingerprint density at radius 2 is 1.40 bits per heavy atom. The van der Waals surface area contributed by atoms with Crippen molar-refractivity contribution >= 4 is 47.3 Å². The Labute approximate surface area is 252 Å². The largest absolute Gasteiger partial charge is 0.483 e. The summed E-state index contributed by atoms with van der Waals surface area (Å²) in [7, 11) is 0. The molecule has 0 aromatic heterocycles. The Hall–Kier alpha value is -4.92. The summed E-state index contributed by atoms with van der Waals surface area (Å²) in [5.74, 6) is -1.11. The minimum absolute atomic E-state index is 0.0314. The van der Waals surface area contributed by atoms with E-state index in [0.717, 1.165) is 5.56 Å². The van der Waals surface area contributed by atoms with Gasteiger partial charge in [0.15, 0.2) is 6.61 Å². The third-order valence-electron chi connectivity index (χ3n) is 5.65. The van der Waals surface area contributed by atoms with Crippen LogP contribution in [0.5, 0.6) is 17.2 Å². The minimum Gasteiger partial charge on any atom is -0.483 e. The van der Waals surface area contributed by atoms with Gasteiger partial charge in [0.25, 0.3) is 5.91 Å². The van der Waals surface area contributed by atoms with E-state index in [9.17, 15) is 14.4 Å². The van der Waals surface area contributed by atoms with E-state index in [4.69, 9.17) is 37.4 Å². The van der Waals surface area contributed by atoms with Crippen molar-refractivity contribution < 1.29 is 28.6 Å². The normalized spacial score (nSPS) is 10.6. The first-order chi connectivity index (χ1) is 20.3. The minimum atomic E-state index is -0.682. The van der Waals surface area contributed by atoms with Crippen molar-refractivity contribution in [2.24, 2.45) is 5.10 Å². The number of halogens is 2. The standard InChI is InChI=1S/C32H24Cl2N2O6/c1-2-5-21-6-3-4-7-28(21)40-20-30(37)36-35-19-24-12-17-27(41-31(38)22-8-13-25(33)14-9-22)18-29(24)42-32(39)23-10-15-26(34)16-11-23/h2-4,6-19H,1,5,20H2,(H,36,37). The van der Waals surface area contributed by atoms with E-state index in [1.807, 2.05) is 12.1 Å². The maximum atomic E-state index is 12.8. The number of rotatable bonds is 11. The lowest BCUT2D eigenvalue weighted by atomic mass is 10.1. The van der Waals surface area contributed by atoms with Gasteiger partial charge in [0.1, 0.15) is 17.2 Å². The van der Waals surface area contributed by atoms with Gasteiger partial charge in [0.05, 0.1) is 17.3 Å². The topological polar surface area (TPSA) is 103 Å². The van der Waals surface area contributed by atoms with Crippen LogP contribution in [-0.4, -0.2) is 30.7 Å². The van der Waals surface area contributed by atoms with E-state index >= 15 is 0 Å². The quantitative estimate of drug-likeness (QED) is 0.0674. The molecule has 4 aromatic carbocycles. The van der Waals surface area contributed by atoms with E-state index in [1.165, 1.54) is 48.7 Å². The van der Waals surface area contributed by atoms with Gasteiger partial charge in [-0.3, -0.25) is 4.79 Å². The van der Waals surface area contributed by atoms with Crippen LogP contribution in [0.3, 0.4) is 0 Å². The molecule has 0 bridgehead atoms. The number of nitrogens with zero attached hydrogens (tertiary/aromatic N) is 1. The Morgan fingerprint density at radius 3 is 2.05 bits per heavy atom. The lowest BCUT2D eigenvalue weighted by molar-refractivity contribution is -0.123. The Bertz CT molecular complexity index is 1620. The second kappa shape index (κ2) is 14.6. The number of benzene rings is 4. The maximum absolute atomic E-state index is 12.8. The monoisotopic (exact) mass is 602 g/mol. The van der Waals surface area contributed by atoms with Gasteiger partial charge in [0, 0.05) is 21.7 Å². The summed E-state index contributed by atoms with van der Waals surface area (Å²) in [4.78, 5) is 37.8. The summed E-state index contributed by atoms with van der Waals surface area (Å²) in [6.07, 6.45) is 3.63. The fourth-order valence-electron chi connectivity index (χ4n) is 3.59. The summed E-state index contributed by atoms with van der Waals surface area (Å²) in [6, 6.07) is 24.0. The summed E-state index contributed by atoms with van der Waals surface area (Å²) in [5, 5.41) is 4.89. The van der Waals surface area contributed by atoms with Crippen molar-refractivity contribution in [3.63, 3.8) is 0 Å². The summed E-state index contributed by atoms with van der Waals surface area (Å²) in [6.45, 7) is 3.45. The van der Waals surface area contributed by atoms with Crippen LogP contribution in [0.1, 0.15) is 31.8 Å². The molecule has 1 amide bonds. The first-order valence-corrected chi connectivity index (χ1v) is 13.3. The van der Waals surface area contributed by atoms with Gasteiger partial charge in [-0.1, -0.05) is 47.5 Å². The molecule has 0 radical (unpaired) electrons. The highest BCUT2D eigenvalue weighted by molar-refractivity contribution is 6.31. The van der Waals surface area contributed by atoms with Crippen LogP contribution in [-0.2, 0) is 11.2 Å². The molecule has 4 aromatic rings. The van der Waals surface area contributed by atoms with Crippen molar-refractivity contribution in [3.05, 3.63) is 136 Å². The second-order valence-electron chi connectivity index (χ2n) is 8.67. The Balaban J connectivity index is 1.48. The number of amides is 1. The molecule has 0 atom stereocenters. The molecule has 0 spiro atoms. The third kappa shape index (κ3) is 8.54. The van der Waals surface area contributed by atoms with Crippen LogP contribution < -0.4 is 19.6 Å². The molecule has 0 saturated carbocycles. The van der Waals surface area contributed by atoms with Gasteiger partial charge in [-0.25, -0.2) is 15.0 Å². The second-order valence-corrected chi connectivity index (χ2v) is 9.55. The van der Waals surface area contributed by atoms with E-state index in [0.29, 0.717) is 27.8 Å². The SMILES string of the molecule is C=CCc1ccccc1OCC(=O)NN=Cc1ccc(OC(=O)c2ccc(Cl)cc2)cc1OC(=O)c1ccc(Cl)cc1. The number of nitrogens with one attached hydrogen (secondary N) is 1. The molecule has 0 aliphatic rings. The smallest absolute Gasteiger partial charge is 0.343 e. The lowest BCUT2D eigenvalue weighted by Gasteiger charge is -2.11. The number of esters is 2. The highest BCUT2D eigenvalue weighted by atomic mass is 35.5. The van der Waals surface area contributed by atoms with Gasteiger partial charge in [-0.2, -0.15) is 5.10 Å². The highest BCUT2D eigenvalue weighted by Gasteiger charge is 2.15. The van der Waals surface area contributed by atoms with Gasteiger partial charge in [0.2, 0.25) is 0 Å². The van der Waals surface area contributed by atoms with Gasteiger partial charge < -0.3 is 14.2 Å². The zero-order chi connectivity index (χ0) is 29.9. The number of para-hydroxylation sites is 1. The van der Waals surface area contributed by atoms with E-state index in [1.54, 1.807) is 42.5 Å². The summed E-state index contributed by atoms with van der Waals surface area (Å²) in [5.41, 5.74) is 4.12. The van der Waals surface area contributed by atoms with E-state index < -0.39 is 17.8 Å². The molecule has 42 heavy (non-hydrogen) atoms. The zero-order valence-electron chi connectivity index (χ0n) is 22.1. The molecule has 1 N–H and O–H groups in total. The molecule has 0 heterocycles. The predicted octanol–water partition coefficient (Wildman–Crippen LogP) is 6.69. The van der Waals surface area contributed by atoms with Crippen LogP contribution in [0, 0.1) is 0 Å². The fraction of sp³-hybridized carbons (Fsp3) is 0.0625. The first kappa shape index (κ1) is 30.0. The van der Waals surface area contributed by atoms with Crippen LogP contribution in [0.4, 0.5) is 0 Å². The number of allylic oxidation sites excluding steroid dienone is 1. The van der Waals surface area contributed by atoms with Crippen LogP contribution in [0.25, 0.3) is 0 Å². The molecule has 0 unspecified atom stereocenters. The highest BCUT2D eigenvalue weighted by Crippen LogP contribution is 2.26. The number of hydrazone groups is 1. The molecule has 4 rings (SSSR count). The summed E-state index contributed by atoms with van der Waals surface area (Å²) >= 11 is 11.8. The van der Waals surface area contributed by atoms with Gasteiger partial charge >= 0.3 is 11.9 Å². The molecule has 0 aliphatic heterocycles. The Kier molecular flexibility index (Phi) is 10.5. The van der Waals surface area contributed by atoms with Crippen LogP contribution in [0.2, 0.25) is 10.0 Å². The molecule has 10 heteroatoms. The number of carbonyl (C=O) groups is 3. The summed E-state index contributed by atoms with van der Waals surface area (Å²) < 4.78 is 16.7. The number of ether oxygens (including phenoxy) is 3. The van der Waals surface area contributed by atoms with Crippen molar-refractivity contribution in [2.75, 3.05) is 6.61 Å². The predicted molar refractivity (Wildman–Crippen MR) is 161 cm³/mol. The van der Waals surface area contributed by atoms with Crippen LogP contribution >= 0.6 is 23.2 Å². The molecule has 8 nitrogen and oxygen atoms in total. The third-order valence-corrected chi connectivity index (χ3v) is 6.15. The van der Waals surface area contributed by atoms with Crippen molar-refractivity contribution in [2.45, 2.75) is 6.42 Å². The lowest BCUT2D eigenvalue weighted by Crippen LogP contribution is -2.24. The van der Waals surface area contributed by atoms with Crippen molar-refractivity contribution in [1.82, 2.24) is 5.43 Å². The molecule has 0 aliphatic carbocycles. The molecule has 212 valence electrons. The van der Waals surface area contributed by atoms with E-state index in [2.05, 4.69) is 17.1 Å². The van der Waals surface area contributed by atoms with Crippen LogP contribution in [0.15, 0.2) is 109 Å². The molecule has 0 saturated heterocycles. The van der Waals surface area contributed by atoms with Gasteiger partial charge in [-0.05, 0) is 78.7 Å². The van der Waals surface area contributed by atoms with Crippen molar-refractivity contribution in [3.8, 4) is 17.2 Å². The van der Waals surface area contributed by atoms with Gasteiger partial charge in [-0.15, -0.1) is 6.58 Å². The average molecular weight is 603 g/mol. The number of hydrogen-bond donors (Lipinski definition) is 1. The molecular weight excluding hydrogens is 579 g/mol.